The van der Waals surface area contributed by atoms with Crippen molar-refractivity contribution < 1.29 is 14.0 Å². The van der Waals surface area contributed by atoms with Crippen molar-refractivity contribution in [1.82, 2.24) is 4.90 Å². The third-order valence-corrected chi connectivity index (χ3v) is 7.14. The summed E-state index contributed by atoms with van der Waals surface area (Å²) >= 11 is 1.31. The summed E-state index contributed by atoms with van der Waals surface area (Å²) in [4.78, 5) is 33.9. The number of benzene rings is 3. The van der Waals surface area contributed by atoms with Crippen molar-refractivity contribution in [1.29, 1.82) is 0 Å². The molecule has 1 fully saturated rings. The van der Waals surface area contributed by atoms with Crippen molar-refractivity contribution in [3.63, 3.8) is 0 Å². The van der Waals surface area contributed by atoms with E-state index in [0.717, 1.165) is 34.1 Å². The summed E-state index contributed by atoms with van der Waals surface area (Å²) in [6.07, 6.45) is 0. The van der Waals surface area contributed by atoms with Gasteiger partial charge >= 0.3 is 0 Å². The zero-order valence-electron chi connectivity index (χ0n) is 18.8. The molecule has 2 amide bonds. The lowest BCUT2D eigenvalue weighted by molar-refractivity contribution is -0.121. The number of thioether (sulfide) groups is 1. The standard InChI is InChI=1S/C27H24FN3O2S/c1-19-7-13-23(14-8-19)34-25-24(26(32)31(27(25)33)22-11-9-20(28)10-12-22)30-17-15-29(16-18-30)21-5-3-2-4-6-21/h2-14H,15-18H2,1H3. The highest BCUT2D eigenvalue weighted by Gasteiger charge is 2.43. The SMILES string of the molecule is Cc1ccc(SC2=C(N3CCN(c4ccccc4)CC3)C(=O)N(c3ccc(F)cc3)C2=O)cc1. The molecular weight excluding hydrogens is 449 g/mol. The molecule has 1 saturated heterocycles. The Balaban J connectivity index is 1.45. The van der Waals surface area contributed by atoms with Gasteiger partial charge in [0, 0.05) is 36.8 Å². The Labute approximate surface area is 202 Å². The highest BCUT2D eigenvalue weighted by molar-refractivity contribution is 8.04. The molecule has 34 heavy (non-hydrogen) atoms. The van der Waals surface area contributed by atoms with E-state index in [2.05, 4.69) is 17.0 Å². The van der Waals surface area contributed by atoms with Crippen LogP contribution in [0.5, 0.6) is 0 Å². The van der Waals surface area contributed by atoms with E-state index in [9.17, 15) is 14.0 Å². The number of amides is 2. The van der Waals surface area contributed by atoms with E-state index in [4.69, 9.17) is 0 Å². The third kappa shape index (κ3) is 4.31. The van der Waals surface area contributed by atoms with E-state index in [1.165, 1.54) is 36.0 Å². The Morgan fingerprint density at radius 1 is 0.706 bits per heavy atom. The minimum absolute atomic E-state index is 0.362. The van der Waals surface area contributed by atoms with Crippen molar-refractivity contribution in [2.24, 2.45) is 0 Å². The maximum absolute atomic E-state index is 13.6. The van der Waals surface area contributed by atoms with Crippen molar-refractivity contribution in [3.05, 3.63) is 101 Å². The van der Waals surface area contributed by atoms with Gasteiger partial charge in [0.15, 0.2) is 0 Å². The lowest BCUT2D eigenvalue weighted by Crippen LogP contribution is -2.47. The number of hydrogen-bond acceptors (Lipinski definition) is 5. The second-order valence-corrected chi connectivity index (χ2v) is 9.41. The van der Waals surface area contributed by atoms with Gasteiger partial charge in [-0.2, -0.15) is 0 Å². The Morgan fingerprint density at radius 3 is 1.97 bits per heavy atom. The van der Waals surface area contributed by atoms with Crippen LogP contribution >= 0.6 is 11.8 Å². The molecule has 2 heterocycles. The first-order valence-corrected chi connectivity index (χ1v) is 12.0. The van der Waals surface area contributed by atoms with Gasteiger partial charge in [0.05, 0.1) is 5.69 Å². The van der Waals surface area contributed by atoms with Crippen molar-refractivity contribution >= 4 is 35.0 Å². The molecule has 0 saturated carbocycles. The first-order valence-electron chi connectivity index (χ1n) is 11.2. The Hall–Kier alpha value is -3.58. The van der Waals surface area contributed by atoms with Crippen molar-refractivity contribution in [2.45, 2.75) is 11.8 Å². The molecule has 0 radical (unpaired) electrons. The summed E-state index contributed by atoms with van der Waals surface area (Å²) in [6, 6.07) is 23.5. The monoisotopic (exact) mass is 473 g/mol. The molecule has 0 bridgehead atoms. The minimum atomic E-state index is -0.415. The van der Waals surface area contributed by atoms with Crippen LogP contribution in [0.4, 0.5) is 15.8 Å². The molecule has 2 aliphatic rings. The highest BCUT2D eigenvalue weighted by Crippen LogP contribution is 2.39. The number of nitrogens with zero attached hydrogens (tertiary/aromatic N) is 3. The number of piperazine rings is 1. The summed E-state index contributed by atoms with van der Waals surface area (Å²) in [5, 5.41) is 0. The molecule has 0 aromatic heterocycles. The Morgan fingerprint density at radius 2 is 1.32 bits per heavy atom. The topological polar surface area (TPSA) is 43.9 Å². The molecule has 0 atom stereocenters. The van der Waals surface area contributed by atoms with Crippen LogP contribution in [0.2, 0.25) is 0 Å². The molecule has 5 rings (SSSR count). The number of imide groups is 1. The van der Waals surface area contributed by atoms with Gasteiger partial charge in [0.25, 0.3) is 11.8 Å². The number of carbonyl (C=O) groups excluding carboxylic acids is 2. The second-order valence-electron chi connectivity index (χ2n) is 8.32. The maximum Gasteiger partial charge on any atom is 0.283 e. The minimum Gasteiger partial charge on any atom is -0.368 e. The van der Waals surface area contributed by atoms with Gasteiger partial charge in [0.2, 0.25) is 0 Å². The molecule has 0 N–H and O–H groups in total. The van der Waals surface area contributed by atoms with Crippen LogP contribution < -0.4 is 9.80 Å². The van der Waals surface area contributed by atoms with E-state index < -0.39 is 5.82 Å². The van der Waals surface area contributed by atoms with E-state index in [-0.39, 0.29) is 11.8 Å². The fourth-order valence-electron chi connectivity index (χ4n) is 4.24. The zero-order chi connectivity index (χ0) is 23.7. The van der Waals surface area contributed by atoms with E-state index in [1.807, 2.05) is 54.3 Å². The molecule has 0 spiro atoms. The average Bonchev–Trinajstić information content (AvgIpc) is 3.11. The number of anilines is 2. The molecule has 2 aliphatic heterocycles. The first-order chi connectivity index (χ1) is 16.5. The molecule has 7 heteroatoms. The Kier molecular flexibility index (Phi) is 6.11. The normalized spacial score (nSPS) is 16.6. The fourth-order valence-corrected chi connectivity index (χ4v) is 5.24. The van der Waals surface area contributed by atoms with Gasteiger partial charge in [-0.3, -0.25) is 9.59 Å². The predicted octanol–water partition coefficient (Wildman–Crippen LogP) is 4.83. The van der Waals surface area contributed by atoms with Crippen LogP contribution in [0.25, 0.3) is 0 Å². The largest absolute Gasteiger partial charge is 0.368 e. The summed E-state index contributed by atoms with van der Waals surface area (Å²) in [7, 11) is 0. The molecule has 0 aliphatic carbocycles. The van der Waals surface area contributed by atoms with Crippen LogP contribution in [-0.2, 0) is 9.59 Å². The van der Waals surface area contributed by atoms with Crippen LogP contribution in [0, 0.1) is 12.7 Å². The molecule has 172 valence electrons. The average molecular weight is 474 g/mol. The van der Waals surface area contributed by atoms with Crippen molar-refractivity contribution in [3.8, 4) is 0 Å². The van der Waals surface area contributed by atoms with Crippen LogP contribution in [0.3, 0.4) is 0 Å². The summed E-state index contributed by atoms with van der Waals surface area (Å²) in [5.74, 6) is -1.15. The third-order valence-electron chi connectivity index (χ3n) is 6.06. The van der Waals surface area contributed by atoms with Gasteiger partial charge in [-0.1, -0.05) is 47.7 Å². The molecule has 5 nitrogen and oxygen atoms in total. The molecular formula is C27H24FN3O2S. The first kappa shape index (κ1) is 22.2. The number of aryl methyl sites for hydroxylation is 1. The number of rotatable bonds is 5. The van der Waals surface area contributed by atoms with E-state index in [0.29, 0.717) is 29.4 Å². The van der Waals surface area contributed by atoms with Crippen LogP contribution in [0.15, 0.2) is 94.4 Å². The molecule has 0 unspecified atom stereocenters. The number of carbonyl (C=O) groups is 2. The second kappa shape index (κ2) is 9.35. The van der Waals surface area contributed by atoms with Gasteiger partial charge < -0.3 is 9.80 Å². The van der Waals surface area contributed by atoms with Gasteiger partial charge in [-0.05, 0) is 55.5 Å². The summed E-state index contributed by atoms with van der Waals surface area (Å²) in [5.41, 5.74) is 3.06. The van der Waals surface area contributed by atoms with E-state index in [1.54, 1.807) is 0 Å². The molecule has 3 aromatic carbocycles. The Bertz CT molecular complexity index is 1240. The quantitative estimate of drug-likeness (QED) is 0.497. The lowest BCUT2D eigenvalue weighted by Gasteiger charge is -2.37. The van der Waals surface area contributed by atoms with Gasteiger partial charge in [0.1, 0.15) is 16.4 Å². The van der Waals surface area contributed by atoms with Gasteiger partial charge in [-0.25, -0.2) is 9.29 Å². The van der Waals surface area contributed by atoms with Crippen molar-refractivity contribution in [2.75, 3.05) is 36.0 Å². The molecule has 3 aromatic rings. The number of hydrogen-bond donors (Lipinski definition) is 0. The number of para-hydroxylation sites is 1. The summed E-state index contributed by atoms with van der Waals surface area (Å²) in [6.45, 7) is 4.74. The maximum atomic E-state index is 13.6. The number of halogens is 1. The van der Waals surface area contributed by atoms with Crippen LogP contribution in [-0.4, -0.2) is 42.9 Å². The highest BCUT2D eigenvalue weighted by atomic mass is 32.2. The summed E-state index contributed by atoms with van der Waals surface area (Å²) < 4.78 is 13.5. The lowest BCUT2D eigenvalue weighted by atomic mass is 10.2. The predicted molar refractivity (Wildman–Crippen MR) is 133 cm³/mol. The van der Waals surface area contributed by atoms with Gasteiger partial charge in [-0.15, -0.1) is 0 Å². The van der Waals surface area contributed by atoms with Crippen LogP contribution in [0.1, 0.15) is 5.56 Å². The fraction of sp³-hybridized carbons (Fsp3) is 0.185. The smallest absolute Gasteiger partial charge is 0.283 e. The van der Waals surface area contributed by atoms with E-state index >= 15 is 0 Å². The zero-order valence-corrected chi connectivity index (χ0v) is 19.6.